The molecule has 2 atom stereocenters. The fourth-order valence-corrected chi connectivity index (χ4v) is 3.34. The van der Waals surface area contributed by atoms with Gasteiger partial charge in [-0.3, -0.25) is 9.78 Å². The molecule has 0 aliphatic carbocycles. The zero-order valence-corrected chi connectivity index (χ0v) is 14.3. The number of nitrogens with one attached hydrogen (secondary N) is 1. The lowest BCUT2D eigenvalue weighted by Gasteiger charge is -2.22. The van der Waals surface area contributed by atoms with Crippen LogP contribution in [-0.2, 0) is 9.36 Å². The lowest BCUT2D eigenvalue weighted by Crippen LogP contribution is -2.33. The molecule has 0 amide bonds. The van der Waals surface area contributed by atoms with Crippen molar-refractivity contribution in [2.75, 3.05) is 0 Å². The van der Waals surface area contributed by atoms with Gasteiger partial charge < -0.3 is 9.05 Å². The van der Waals surface area contributed by atoms with Crippen molar-refractivity contribution < 1.29 is 18.4 Å². The number of pyridine rings is 1. The van der Waals surface area contributed by atoms with Crippen molar-refractivity contribution in [3.8, 4) is 11.5 Å². The smallest absolute Gasteiger partial charge is 0.405 e. The molecule has 122 valence electrons. The normalized spacial score (nSPS) is 14.6. The Labute approximate surface area is 139 Å². The van der Waals surface area contributed by atoms with E-state index in [0.29, 0.717) is 10.8 Å². The molecule has 1 N–H and O–H groups in total. The van der Waals surface area contributed by atoms with Crippen molar-refractivity contribution in [3.05, 3.63) is 53.8 Å². The molecule has 0 spiro atoms. The first-order chi connectivity index (χ1) is 10.9. The van der Waals surface area contributed by atoms with Crippen molar-refractivity contribution in [2.24, 2.45) is 0 Å². The Balaban J connectivity index is 2.26. The summed E-state index contributed by atoms with van der Waals surface area (Å²) in [5.74, 6) is 0.309. The van der Waals surface area contributed by atoms with Crippen LogP contribution in [0.3, 0.4) is 0 Å². The third kappa shape index (κ3) is 5.36. The fourth-order valence-electron chi connectivity index (χ4n) is 1.60. The highest BCUT2D eigenvalue weighted by atomic mass is 35.5. The molecule has 1 heterocycles. The lowest BCUT2D eigenvalue weighted by molar-refractivity contribution is -0.118. The first kappa shape index (κ1) is 17.5. The van der Waals surface area contributed by atoms with E-state index in [1.54, 1.807) is 37.3 Å². The molecule has 2 rings (SSSR count). The number of rotatable bonds is 7. The number of nitrogens with zero attached hydrogens (tertiary/aromatic N) is 1. The number of hydrogen-bond donors (Lipinski definition) is 1. The van der Waals surface area contributed by atoms with E-state index in [9.17, 15) is 9.36 Å². The summed E-state index contributed by atoms with van der Waals surface area (Å²) in [4.78, 5) is 15.3. The van der Waals surface area contributed by atoms with Crippen LogP contribution in [0.2, 0.25) is 5.02 Å². The van der Waals surface area contributed by atoms with Crippen LogP contribution in [0.25, 0.3) is 0 Å². The summed E-state index contributed by atoms with van der Waals surface area (Å²) in [7, 11) is -3.86. The van der Waals surface area contributed by atoms with Gasteiger partial charge in [-0.25, -0.2) is 4.57 Å². The molecule has 1 aromatic carbocycles. The van der Waals surface area contributed by atoms with E-state index in [1.807, 2.05) is 0 Å². The minimum atomic E-state index is -3.86. The third-order valence-electron chi connectivity index (χ3n) is 2.84. The van der Waals surface area contributed by atoms with Gasteiger partial charge in [0.2, 0.25) is 0 Å². The SMILES string of the molecule is CC(=O)[C@@H](C)N[P@](=O)(Oc1ccccc1)Oc1cncc(Cl)c1. The molecule has 0 aliphatic rings. The van der Waals surface area contributed by atoms with Crippen molar-refractivity contribution in [3.63, 3.8) is 0 Å². The lowest BCUT2D eigenvalue weighted by atomic mass is 10.3. The van der Waals surface area contributed by atoms with Crippen LogP contribution in [0.1, 0.15) is 13.8 Å². The van der Waals surface area contributed by atoms with E-state index in [2.05, 4.69) is 10.1 Å². The van der Waals surface area contributed by atoms with Gasteiger partial charge in [-0.1, -0.05) is 29.8 Å². The average Bonchev–Trinajstić information content (AvgIpc) is 2.47. The number of halogens is 1. The molecule has 0 unspecified atom stereocenters. The van der Waals surface area contributed by atoms with E-state index in [0.717, 1.165) is 0 Å². The van der Waals surface area contributed by atoms with E-state index in [4.69, 9.17) is 20.6 Å². The molecule has 0 fully saturated rings. The second-order valence-electron chi connectivity index (χ2n) is 4.79. The molecule has 1 aromatic heterocycles. The monoisotopic (exact) mass is 354 g/mol. The van der Waals surface area contributed by atoms with Gasteiger partial charge >= 0.3 is 7.75 Å². The summed E-state index contributed by atoms with van der Waals surface area (Å²) >= 11 is 5.84. The second kappa shape index (κ2) is 7.59. The molecule has 0 saturated carbocycles. The molecule has 2 aromatic rings. The van der Waals surface area contributed by atoms with Crippen molar-refractivity contribution in [1.29, 1.82) is 0 Å². The van der Waals surface area contributed by atoms with E-state index >= 15 is 0 Å². The number of aromatic nitrogens is 1. The van der Waals surface area contributed by atoms with Crippen LogP contribution < -0.4 is 14.1 Å². The number of hydrogen-bond acceptors (Lipinski definition) is 5. The Morgan fingerprint density at radius 3 is 2.48 bits per heavy atom. The summed E-state index contributed by atoms with van der Waals surface area (Å²) in [5.41, 5.74) is 0. The average molecular weight is 355 g/mol. The number of Topliss-reactive ketones (excluding diaryl/α,β-unsaturated/α-hetero) is 1. The maximum atomic E-state index is 13.0. The predicted molar refractivity (Wildman–Crippen MR) is 87.8 cm³/mol. The maximum absolute atomic E-state index is 13.0. The molecule has 8 heteroatoms. The third-order valence-corrected chi connectivity index (χ3v) is 4.65. The largest absolute Gasteiger partial charge is 0.513 e. The highest BCUT2D eigenvalue weighted by molar-refractivity contribution is 7.52. The maximum Gasteiger partial charge on any atom is 0.513 e. The number of benzene rings is 1. The quantitative estimate of drug-likeness (QED) is 0.760. The van der Waals surface area contributed by atoms with E-state index in [-0.39, 0.29) is 11.5 Å². The van der Waals surface area contributed by atoms with Gasteiger partial charge in [0.15, 0.2) is 5.75 Å². The van der Waals surface area contributed by atoms with Gasteiger partial charge in [0.1, 0.15) is 11.5 Å². The first-order valence-electron chi connectivity index (χ1n) is 6.81. The molecule has 23 heavy (non-hydrogen) atoms. The molecule has 0 radical (unpaired) electrons. The van der Waals surface area contributed by atoms with Gasteiger partial charge in [-0.05, 0) is 26.0 Å². The van der Waals surface area contributed by atoms with Gasteiger partial charge in [-0.15, -0.1) is 0 Å². The van der Waals surface area contributed by atoms with Crippen LogP contribution in [-0.4, -0.2) is 16.8 Å². The Bertz CT molecular complexity index is 726. The van der Waals surface area contributed by atoms with E-state index in [1.165, 1.54) is 25.4 Å². The predicted octanol–water partition coefficient (Wildman–Crippen LogP) is 3.87. The van der Waals surface area contributed by atoms with E-state index < -0.39 is 13.8 Å². The summed E-state index contributed by atoms with van der Waals surface area (Å²) in [6.07, 6.45) is 2.77. The van der Waals surface area contributed by atoms with Gasteiger partial charge in [-0.2, -0.15) is 5.09 Å². The number of ketones is 1. The molecule has 0 bridgehead atoms. The Hall–Kier alpha value is -1.88. The minimum absolute atomic E-state index is 0.167. The highest BCUT2D eigenvalue weighted by Gasteiger charge is 2.32. The van der Waals surface area contributed by atoms with Crippen LogP contribution in [0.4, 0.5) is 0 Å². The van der Waals surface area contributed by atoms with Crippen molar-refractivity contribution in [1.82, 2.24) is 10.1 Å². The van der Waals surface area contributed by atoms with Crippen LogP contribution in [0.5, 0.6) is 11.5 Å². The van der Waals surface area contributed by atoms with Crippen LogP contribution in [0, 0.1) is 0 Å². The second-order valence-corrected chi connectivity index (χ2v) is 6.85. The fraction of sp³-hybridized carbons (Fsp3) is 0.200. The highest BCUT2D eigenvalue weighted by Crippen LogP contribution is 2.45. The molecular weight excluding hydrogens is 339 g/mol. The summed E-state index contributed by atoms with van der Waals surface area (Å²) in [5, 5.41) is 2.93. The van der Waals surface area contributed by atoms with Gasteiger partial charge in [0.05, 0.1) is 17.3 Å². The molecular formula is C15H16ClN2O4P. The topological polar surface area (TPSA) is 77.5 Å². The minimum Gasteiger partial charge on any atom is -0.405 e. The summed E-state index contributed by atoms with van der Waals surface area (Å²) in [6, 6.07) is 9.26. The zero-order chi connectivity index (χ0) is 16.9. The zero-order valence-electron chi connectivity index (χ0n) is 12.6. The van der Waals surface area contributed by atoms with Gasteiger partial charge in [0.25, 0.3) is 0 Å². The molecule has 6 nitrogen and oxygen atoms in total. The van der Waals surface area contributed by atoms with Crippen molar-refractivity contribution in [2.45, 2.75) is 19.9 Å². The number of carbonyl (C=O) groups is 1. The van der Waals surface area contributed by atoms with Crippen LogP contribution >= 0.6 is 19.3 Å². The number of carbonyl (C=O) groups excluding carboxylic acids is 1. The summed E-state index contributed by atoms with van der Waals surface area (Å²) in [6.45, 7) is 2.95. The Morgan fingerprint density at radius 1 is 1.22 bits per heavy atom. The van der Waals surface area contributed by atoms with Crippen LogP contribution in [0.15, 0.2) is 48.8 Å². The van der Waals surface area contributed by atoms with Gasteiger partial charge in [0, 0.05) is 12.3 Å². The first-order valence-corrected chi connectivity index (χ1v) is 8.73. The summed E-state index contributed by atoms with van der Waals surface area (Å²) < 4.78 is 23.9. The molecule has 0 aliphatic heterocycles. The molecule has 0 saturated heterocycles. The Morgan fingerprint density at radius 2 is 1.87 bits per heavy atom. The standard InChI is InChI=1S/C15H16ClN2O4P/c1-11(12(2)19)18-23(20,21-14-6-4-3-5-7-14)22-15-8-13(16)9-17-10-15/h3-11H,1-2H3,(H,18,20)/t11-,23+/m1/s1. The van der Waals surface area contributed by atoms with Crippen molar-refractivity contribution >= 4 is 25.1 Å². The number of para-hydroxylation sites is 1. The Kier molecular flexibility index (Phi) is 5.77.